The Morgan fingerprint density at radius 3 is 2.21 bits per heavy atom. The number of benzene rings is 1. The number of rotatable bonds is 5. The second-order valence-corrected chi connectivity index (χ2v) is 5.90. The first-order valence-corrected chi connectivity index (χ1v) is 7.66. The molecule has 1 aliphatic rings. The van der Waals surface area contributed by atoms with Gasteiger partial charge in [-0.15, -0.1) is 0 Å². The Morgan fingerprint density at radius 1 is 1.05 bits per heavy atom. The molecule has 0 radical (unpaired) electrons. The Balaban J connectivity index is 1.87. The van der Waals surface area contributed by atoms with Crippen molar-refractivity contribution in [3.63, 3.8) is 0 Å². The molecular weight excluding hydrogens is 235 g/mol. The van der Waals surface area contributed by atoms with Gasteiger partial charge >= 0.3 is 7.12 Å². The van der Waals surface area contributed by atoms with E-state index >= 15 is 0 Å². The zero-order valence-electron chi connectivity index (χ0n) is 11.9. The normalized spacial score (nSPS) is 23.3. The lowest BCUT2D eigenvalue weighted by Gasteiger charge is -2.29. The maximum absolute atomic E-state index is 9.10. The predicted molar refractivity (Wildman–Crippen MR) is 80.5 cm³/mol. The van der Waals surface area contributed by atoms with Gasteiger partial charge < -0.3 is 10.0 Å². The van der Waals surface area contributed by atoms with Crippen LogP contribution in [0.1, 0.15) is 63.4 Å². The van der Waals surface area contributed by atoms with E-state index < -0.39 is 7.12 Å². The maximum atomic E-state index is 9.10. The van der Waals surface area contributed by atoms with Crippen LogP contribution in [0, 0.1) is 5.92 Å². The van der Waals surface area contributed by atoms with Crippen molar-refractivity contribution < 1.29 is 10.0 Å². The van der Waals surface area contributed by atoms with E-state index in [1.54, 1.807) is 0 Å². The summed E-state index contributed by atoms with van der Waals surface area (Å²) in [6.45, 7) is 2.27. The maximum Gasteiger partial charge on any atom is 0.488 e. The van der Waals surface area contributed by atoms with Gasteiger partial charge in [0, 0.05) is 0 Å². The van der Waals surface area contributed by atoms with Gasteiger partial charge in [-0.2, -0.15) is 0 Å². The Hall–Kier alpha value is -0.795. The quantitative estimate of drug-likeness (QED) is 0.799. The Morgan fingerprint density at radius 2 is 1.68 bits per heavy atom. The van der Waals surface area contributed by atoms with Gasteiger partial charge in [-0.3, -0.25) is 0 Å². The molecule has 2 N–H and O–H groups in total. The van der Waals surface area contributed by atoms with E-state index in [9.17, 15) is 0 Å². The first-order valence-electron chi connectivity index (χ1n) is 7.66. The molecule has 1 saturated carbocycles. The number of hydrogen-bond acceptors (Lipinski definition) is 2. The highest BCUT2D eigenvalue weighted by Crippen LogP contribution is 2.37. The van der Waals surface area contributed by atoms with Gasteiger partial charge in [0.05, 0.1) is 0 Å². The van der Waals surface area contributed by atoms with E-state index in [-0.39, 0.29) is 0 Å². The molecule has 1 aromatic carbocycles. The molecule has 0 atom stereocenters. The molecule has 0 bridgehead atoms. The summed E-state index contributed by atoms with van der Waals surface area (Å²) in [4.78, 5) is 0. The first-order chi connectivity index (χ1) is 9.20. The topological polar surface area (TPSA) is 40.5 Å². The van der Waals surface area contributed by atoms with Crippen LogP contribution in [-0.2, 0) is 0 Å². The lowest BCUT2D eigenvalue weighted by Crippen LogP contribution is -2.29. The van der Waals surface area contributed by atoms with Crippen molar-refractivity contribution in [3.05, 3.63) is 29.8 Å². The van der Waals surface area contributed by atoms with Crippen LogP contribution in [0.3, 0.4) is 0 Å². The zero-order chi connectivity index (χ0) is 13.7. The van der Waals surface area contributed by atoms with Gasteiger partial charge in [-0.25, -0.2) is 0 Å². The molecule has 2 nitrogen and oxygen atoms in total. The van der Waals surface area contributed by atoms with Crippen LogP contribution in [0.4, 0.5) is 0 Å². The van der Waals surface area contributed by atoms with E-state index in [1.165, 1.54) is 50.5 Å². The van der Waals surface area contributed by atoms with Gasteiger partial charge in [0.2, 0.25) is 0 Å². The lowest BCUT2D eigenvalue weighted by molar-refractivity contribution is 0.304. The van der Waals surface area contributed by atoms with Crippen molar-refractivity contribution >= 4 is 12.6 Å². The van der Waals surface area contributed by atoms with Crippen LogP contribution in [0.2, 0.25) is 0 Å². The minimum Gasteiger partial charge on any atom is -0.423 e. The lowest BCUT2D eigenvalue weighted by atomic mass is 9.75. The fourth-order valence-corrected chi connectivity index (χ4v) is 3.22. The summed E-state index contributed by atoms with van der Waals surface area (Å²) in [5.74, 6) is 1.61. The van der Waals surface area contributed by atoms with Crippen molar-refractivity contribution in [1.29, 1.82) is 0 Å². The summed E-state index contributed by atoms with van der Waals surface area (Å²) < 4.78 is 0. The summed E-state index contributed by atoms with van der Waals surface area (Å²) >= 11 is 0. The average molecular weight is 260 g/mol. The summed E-state index contributed by atoms with van der Waals surface area (Å²) in [7, 11) is -1.35. The second-order valence-electron chi connectivity index (χ2n) is 5.90. The average Bonchev–Trinajstić information content (AvgIpc) is 2.46. The molecule has 0 unspecified atom stereocenters. The van der Waals surface area contributed by atoms with Crippen LogP contribution in [0.15, 0.2) is 24.3 Å². The van der Waals surface area contributed by atoms with Gasteiger partial charge in [0.1, 0.15) is 0 Å². The van der Waals surface area contributed by atoms with Gasteiger partial charge in [0.15, 0.2) is 0 Å². The van der Waals surface area contributed by atoms with Crippen molar-refractivity contribution in [2.75, 3.05) is 0 Å². The third kappa shape index (κ3) is 4.08. The molecule has 2 rings (SSSR count). The molecule has 0 aliphatic heterocycles. The summed E-state index contributed by atoms with van der Waals surface area (Å²) in [5.41, 5.74) is 1.94. The van der Waals surface area contributed by atoms with Crippen molar-refractivity contribution in [2.24, 2.45) is 5.92 Å². The number of hydrogen-bond donors (Lipinski definition) is 2. The zero-order valence-corrected chi connectivity index (χ0v) is 11.9. The molecule has 1 aliphatic carbocycles. The van der Waals surface area contributed by atoms with Crippen LogP contribution in [0.25, 0.3) is 0 Å². The largest absolute Gasteiger partial charge is 0.488 e. The van der Waals surface area contributed by atoms with Crippen molar-refractivity contribution in [3.8, 4) is 0 Å². The van der Waals surface area contributed by atoms with Crippen LogP contribution in [-0.4, -0.2) is 17.2 Å². The van der Waals surface area contributed by atoms with Crippen molar-refractivity contribution in [2.45, 2.75) is 57.8 Å². The minimum atomic E-state index is -1.35. The Labute approximate surface area is 117 Å². The summed E-state index contributed by atoms with van der Waals surface area (Å²) in [6.07, 6.45) is 9.37. The molecule has 0 heterocycles. The highest BCUT2D eigenvalue weighted by Gasteiger charge is 2.22. The van der Waals surface area contributed by atoms with E-state index in [0.717, 1.165) is 5.92 Å². The Bertz CT molecular complexity index is 367. The third-order valence-electron chi connectivity index (χ3n) is 4.52. The van der Waals surface area contributed by atoms with Crippen LogP contribution < -0.4 is 5.46 Å². The summed E-state index contributed by atoms with van der Waals surface area (Å²) in [5, 5.41) is 18.2. The molecule has 0 spiro atoms. The predicted octanol–water partition coefficient (Wildman–Crippen LogP) is 2.83. The van der Waals surface area contributed by atoms with Crippen LogP contribution >= 0.6 is 0 Å². The van der Waals surface area contributed by atoms with Gasteiger partial charge in [-0.1, -0.05) is 50.5 Å². The minimum absolute atomic E-state index is 0.584. The molecule has 0 aromatic heterocycles. The highest BCUT2D eigenvalue weighted by atomic mass is 16.4. The SMILES string of the molecule is CCCC[C@H]1CC[C@H](c2ccc(B(O)O)cc2)CC1. The highest BCUT2D eigenvalue weighted by molar-refractivity contribution is 6.58. The summed E-state index contributed by atoms with van der Waals surface area (Å²) in [6, 6.07) is 7.80. The fourth-order valence-electron chi connectivity index (χ4n) is 3.22. The van der Waals surface area contributed by atoms with Crippen molar-refractivity contribution in [1.82, 2.24) is 0 Å². The monoisotopic (exact) mass is 260 g/mol. The van der Waals surface area contributed by atoms with E-state index in [1.807, 2.05) is 12.1 Å². The fraction of sp³-hybridized carbons (Fsp3) is 0.625. The molecule has 0 amide bonds. The molecule has 1 aromatic rings. The van der Waals surface area contributed by atoms with Crippen LogP contribution in [0.5, 0.6) is 0 Å². The Kier molecular flexibility index (Phi) is 5.47. The molecule has 3 heteroatoms. The number of unbranched alkanes of at least 4 members (excludes halogenated alkanes) is 1. The third-order valence-corrected chi connectivity index (χ3v) is 4.52. The van der Waals surface area contributed by atoms with E-state index in [0.29, 0.717) is 11.4 Å². The van der Waals surface area contributed by atoms with E-state index in [4.69, 9.17) is 10.0 Å². The first kappa shape index (κ1) is 14.6. The van der Waals surface area contributed by atoms with Gasteiger partial charge in [0.25, 0.3) is 0 Å². The van der Waals surface area contributed by atoms with E-state index in [2.05, 4.69) is 19.1 Å². The standard InChI is InChI=1S/C16H25BO2/c1-2-3-4-13-5-7-14(8-6-13)15-9-11-16(12-10-15)17(18)19/h9-14,18-19H,2-8H2,1H3/t13-,14-. The molecule has 19 heavy (non-hydrogen) atoms. The molecule has 0 saturated heterocycles. The smallest absolute Gasteiger partial charge is 0.423 e. The molecular formula is C16H25BO2. The second kappa shape index (κ2) is 7.11. The molecule has 1 fully saturated rings. The van der Waals surface area contributed by atoms with Gasteiger partial charge in [-0.05, 0) is 48.5 Å². The molecule has 104 valence electrons.